The number of rotatable bonds is 5. The predicted molar refractivity (Wildman–Crippen MR) is 115 cm³/mol. The van der Waals surface area contributed by atoms with Crippen molar-refractivity contribution in [3.8, 4) is 17.1 Å². The molecule has 7 heteroatoms. The Labute approximate surface area is 174 Å². The van der Waals surface area contributed by atoms with Gasteiger partial charge in [0.2, 0.25) is 5.88 Å². The second-order valence-corrected chi connectivity index (χ2v) is 8.54. The molecule has 3 rings (SSSR count). The summed E-state index contributed by atoms with van der Waals surface area (Å²) in [5.74, 6) is 0.112. The summed E-state index contributed by atoms with van der Waals surface area (Å²) in [5, 5.41) is 19.4. The standard InChI is InChI=1S/C22H25ClN2O4/c1-12-7-15(22(2,3)4)16(23)8-14(12)18-9-19(28)20-17(25-18)5-6-24-21(20)29-11-13(27)10-26/h5-9,13,26-27H,10-11H2,1-4H3,(H,25,28)/t13-/m0/s1. The summed E-state index contributed by atoms with van der Waals surface area (Å²) in [6.07, 6.45) is 0.474. The number of H-pyrrole nitrogens is 1. The number of aliphatic hydroxyl groups excluding tert-OH is 2. The van der Waals surface area contributed by atoms with E-state index in [9.17, 15) is 9.90 Å². The van der Waals surface area contributed by atoms with Crippen LogP contribution in [0.15, 0.2) is 35.3 Å². The fourth-order valence-corrected chi connectivity index (χ4v) is 3.65. The molecule has 0 aliphatic carbocycles. The molecule has 6 nitrogen and oxygen atoms in total. The van der Waals surface area contributed by atoms with Crippen molar-refractivity contribution in [3.05, 3.63) is 56.8 Å². The van der Waals surface area contributed by atoms with Crippen molar-refractivity contribution in [1.29, 1.82) is 0 Å². The van der Waals surface area contributed by atoms with Crippen LogP contribution in [0.25, 0.3) is 22.2 Å². The first kappa shape index (κ1) is 21.3. The van der Waals surface area contributed by atoms with Crippen molar-refractivity contribution in [3.63, 3.8) is 0 Å². The Morgan fingerprint density at radius 3 is 2.66 bits per heavy atom. The molecule has 0 aliphatic heterocycles. The van der Waals surface area contributed by atoms with Crippen LogP contribution < -0.4 is 10.2 Å². The molecular formula is C22H25ClN2O4. The molecule has 1 aromatic carbocycles. The minimum Gasteiger partial charge on any atom is -0.474 e. The van der Waals surface area contributed by atoms with Crippen molar-refractivity contribution in [2.75, 3.05) is 13.2 Å². The van der Waals surface area contributed by atoms with Crippen molar-refractivity contribution in [2.24, 2.45) is 0 Å². The zero-order valence-corrected chi connectivity index (χ0v) is 17.7. The minimum absolute atomic E-state index is 0.0891. The summed E-state index contributed by atoms with van der Waals surface area (Å²) in [6.45, 7) is 7.71. The molecular weight excluding hydrogens is 392 g/mol. The average molecular weight is 417 g/mol. The highest BCUT2D eigenvalue weighted by atomic mass is 35.5. The molecule has 2 aromatic heterocycles. The molecule has 3 N–H and O–H groups in total. The van der Waals surface area contributed by atoms with E-state index in [1.54, 1.807) is 6.07 Å². The highest BCUT2D eigenvalue weighted by Crippen LogP contribution is 2.35. The number of nitrogens with zero attached hydrogens (tertiary/aromatic N) is 1. The highest BCUT2D eigenvalue weighted by molar-refractivity contribution is 6.31. The molecule has 0 saturated carbocycles. The van der Waals surface area contributed by atoms with E-state index >= 15 is 0 Å². The Balaban J connectivity index is 2.09. The number of fused-ring (bicyclic) bond motifs is 1. The van der Waals surface area contributed by atoms with Crippen LogP contribution in [0.1, 0.15) is 31.9 Å². The quantitative estimate of drug-likeness (QED) is 0.590. The van der Waals surface area contributed by atoms with Gasteiger partial charge in [0.25, 0.3) is 0 Å². The Morgan fingerprint density at radius 2 is 2.00 bits per heavy atom. The van der Waals surface area contributed by atoms with Gasteiger partial charge in [0.15, 0.2) is 5.43 Å². The third-order valence-electron chi connectivity index (χ3n) is 4.74. The van der Waals surface area contributed by atoms with Gasteiger partial charge < -0.3 is 19.9 Å². The third kappa shape index (κ3) is 4.45. The summed E-state index contributed by atoms with van der Waals surface area (Å²) in [7, 11) is 0. The molecule has 154 valence electrons. The molecule has 3 aromatic rings. The lowest BCUT2D eigenvalue weighted by molar-refractivity contribution is 0.0526. The Hall–Kier alpha value is -2.41. The number of pyridine rings is 2. The first-order chi connectivity index (χ1) is 13.6. The van der Waals surface area contributed by atoms with Crippen LogP contribution in [0.5, 0.6) is 5.88 Å². The smallest absolute Gasteiger partial charge is 0.226 e. The monoisotopic (exact) mass is 416 g/mol. The van der Waals surface area contributed by atoms with Crippen molar-refractivity contribution in [1.82, 2.24) is 9.97 Å². The third-order valence-corrected chi connectivity index (χ3v) is 5.06. The number of aliphatic hydroxyl groups is 2. The maximum absolute atomic E-state index is 12.8. The minimum atomic E-state index is -1.04. The molecule has 0 aliphatic rings. The van der Waals surface area contributed by atoms with Gasteiger partial charge in [-0.2, -0.15) is 0 Å². The molecule has 29 heavy (non-hydrogen) atoms. The first-order valence-corrected chi connectivity index (χ1v) is 9.74. The fourth-order valence-electron chi connectivity index (χ4n) is 3.20. The zero-order valence-electron chi connectivity index (χ0n) is 16.9. The second kappa shape index (κ2) is 8.14. The number of ether oxygens (including phenoxy) is 1. The van der Waals surface area contributed by atoms with E-state index in [2.05, 4.69) is 36.8 Å². The van der Waals surface area contributed by atoms with E-state index < -0.39 is 12.7 Å². The molecule has 0 bridgehead atoms. The van der Waals surface area contributed by atoms with Crippen molar-refractivity contribution >= 4 is 22.5 Å². The van der Waals surface area contributed by atoms with E-state index in [4.69, 9.17) is 21.4 Å². The van der Waals surface area contributed by atoms with Gasteiger partial charge in [0, 0.05) is 22.8 Å². The SMILES string of the molecule is Cc1cc(C(C)(C)C)c(Cl)cc1-c1cc(=O)c2c(OC[C@@H](O)CO)nccc2[nH]1. The van der Waals surface area contributed by atoms with Crippen LogP contribution in [0, 0.1) is 6.92 Å². The Bertz CT molecular complexity index is 1100. The van der Waals surface area contributed by atoms with E-state index in [0.29, 0.717) is 16.2 Å². The number of hydrogen-bond donors (Lipinski definition) is 3. The van der Waals surface area contributed by atoms with E-state index in [-0.39, 0.29) is 28.7 Å². The molecule has 0 spiro atoms. The maximum Gasteiger partial charge on any atom is 0.226 e. The van der Waals surface area contributed by atoms with Gasteiger partial charge in [-0.05, 0) is 35.6 Å². The lowest BCUT2D eigenvalue weighted by Gasteiger charge is -2.22. The van der Waals surface area contributed by atoms with Gasteiger partial charge in [0.05, 0.1) is 17.8 Å². The molecule has 0 saturated heterocycles. The number of aryl methyl sites for hydroxylation is 1. The lowest BCUT2D eigenvalue weighted by Crippen LogP contribution is -2.22. The summed E-state index contributed by atoms with van der Waals surface area (Å²) in [6, 6.07) is 7.12. The fraction of sp³-hybridized carbons (Fsp3) is 0.364. The molecule has 0 radical (unpaired) electrons. The van der Waals surface area contributed by atoms with Crippen LogP contribution in [-0.2, 0) is 5.41 Å². The number of aromatic nitrogens is 2. The molecule has 2 heterocycles. The van der Waals surface area contributed by atoms with Gasteiger partial charge in [-0.1, -0.05) is 38.4 Å². The van der Waals surface area contributed by atoms with Crippen LogP contribution >= 0.6 is 11.6 Å². The van der Waals surface area contributed by atoms with E-state index in [1.165, 1.54) is 12.3 Å². The van der Waals surface area contributed by atoms with Crippen molar-refractivity contribution < 1.29 is 14.9 Å². The van der Waals surface area contributed by atoms with Gasteiger partial charge in [-0.25, -0.2) is 4.98 Å². The van der Waals surface area contributed by atoms with Gasteiger partial charge in [0.1, 0.15) is 18.1 Å². The van der Waals surface area contributed by atoms with Crippen LogP contribution in [0.4, 0.5) is 0 Å². The van der Waals surface area contributed by atoms with Crippen LogP contribution in [0.3, 0.4) is 0 Å². The van der Waals surface area contributed by atoms with Crippen LogP contribution in [0.2, 0.25) is 5.02 Å². The average Bonchev–Trinajstić information content (AvgIpc) is 2.66. The van der Waals surface area contributed by atoms with Gasteiger partial charge >= 0.3 is 0 Å². The topological polar surface area (TPSA) is 95.4 Å². The summed E-state index contributed by atoms with van der Waals surface area (Å²) in [5.41, 5.74) is 3.76. The highest BCUT2D eigenvalue weighted by Gasteiger charge is 2.20. The summed E-state index contributed by atoms with van der Waals surface area (Å²) >= 11 is 6.54. The number of benzene rings is 1. The van der Waals surface area contributed by atoms with Crippen molar-refractivity contribution in [2.45, 2.75) is 39.2 Å². The lowest BCUT2D eigenvalue weighted by atomic mass is 9.85. The number of hydrogen-bond acceptors (Lipinski definition) is 5. The maximum atomic E-state index is 12.8. The molecule has 0 fully saturated rings. The number of nitrogens with one attached hydrogen (secondary N) is 1. The van der Waals surface area contributed by atoms with E-state index in [0.717, 1.165) is 16.7 Å². The summed E-state index contributed by atoms with van der Waals surface area (Å²) < 4.78 is 5.43. The largest absolute Gasteiger partial charge is 0.474 e. The predicted octanol–water partition coefficient (Wildman–Crippen LogP) is 3.58. The molecule has 1 atom stereocenters. The Kier molecular flexibility index (Phi) is 5.98. The molecule has 0 unspecified atom stereocenters. The van der Waals surface area contributed by atoms with Gasteiger partial charge in [-0.15, -0.1) is 0 Å². The van der Waals surface area contributed by atoms with E-state index in [1.807, 2.05) is 13.0 Å². The Morgan fingerprint density at radius 1 is 1.28 bits per heavy atom. The first-order valence-electron chi connectivity index (χ1n) is 9.36. The number of aromatic amines is 1. The second-order valence-electron chi connectivity index (χ2n) is 8.13. The number of halogens is 1. The van der Waals surface area contributed by atoms with Crippen LogP contribution in [-0.4, -0.2) is 39.5 Å². The molecule has 0 amide bonds. The summed E-state index contributed by atoms with van der Waals surface area (Å²) in [4.78, 5) is 20.2. The normalized spacial score (nSPS) is 12.9. The zero-order chi connectivity index (χ0) is 21.3. The van der Waals surface area contributed by atoms with Gasteiger partial charge in [-0.3, -0.25) is 4.79 Å².